The molecule has 3 aromatic carbocycles. The molecule has 0 aliphatic heterocycles. The quantitative estimate of drug-likeness (QED) is 0.198. The van der Waals surface area contributed by atoms with Gasteiger partial charge in [-0.05, 0) is 35.9 Å². The number of benzene rings is 3. The summed E-state index contributed by atoms with van der Waals surface area (Å²) in [6.07, 6.45) is -3.47. The Bertz CT molecular complexity index is 1200. The van der Waals surface area contributed by atoms with Crippen molar-refractivity contribution in [1.82, 2.24) is 0 Å². The first-order valence-corrected chi connectivity index (χ1v) is 10.2. The van der Waals surface area contributed by atoms with Gasteiger partial charge in [-0.15, -0.1) is 0 Å². The van der Waals surface area contributed by atoms with E-state index < -0.39 is 22.4 Å². The van der Waals surface area contributed by atoms with Crippen LogP contribution in [0.2, 0.25) is 15.1 Å². The summed E-state index contributed by atoms with van der Waals surface area (Å²) in [5, 5.41) is 15.8. The van der Waals surface area contributed by atoms with Crippen molar-refractivity contribution in [3.63, 3.8) is 0 Å². The third-order valence-electron chi connectivity index (χ3n) is 4.27. The van der Waals surface area contributed by atoms with Gasteiger partial charge in [-0.25, -0.2) is 0 Å². The van der Waals surface area contributed by atoms with Crippen LogP contribution in [0.3, 0.4) is 0 Å². The molecule has 0 aliphatic carbocycles. The Hall–Kier alpha value is -3.01. The minimum Gasteiger partial charge on any atom is -0.486 e. The number of hydrazone groups is 1. The average molecular weight is 519 g/mol. The molecule has 172 valence electrons. The Morgan fingerprint density at radius 1 is 1.03 bits per heavy atom. The maximum absolute atomic E-state index is 12.8. The van der Waals surface area contributed by atoms with E-state index in [4.69, 9.17) is 39.5 Å². The Morgan fingerprint density at radius 3 is 2.30 bits per heavy atom. The van der Waals surface area contributed by atoms with Crippen LogP contribution in [0.25, 0.3) is 0 Å². The number of halogens is 6. The zero-order chi connectivity index (χ0) is 24.2. The predicted molar refractivity (Wildman–Crippen MR) is 122 cm³/mol. The Kier molecular flexibility index (Phi) is 7.68. The average Bonchev–Trinajstić information content (AvgIpc) is 2.73. The van der Waals surface area contributed by atoms with Gasteiger partial charge in [0.1, 0.15) is 12.3 Å². The number of rotatable bonds is 7. The second kappa shape index (κ2) is 10.3. The molecule has 0 fully saturated rings. The number of nitro groups is 1. The van der Waals surface area contributed by atoms with Gasteiger partial charge in [0.15, 0.2) is 5.75 Å². The van der Waals surface area contributed by atoms with Crippen molar-refractivity contribution in [2.24, 2.45) is 5.10 Å². The highest BCUT2D eigenvalue weighted by Crippen LogP contribution is 2.36. The second-order valence-electron chi connectivity index (χ2n) is 6.55. The molecule has 6 nitrogen and oxygen atoms in total. The molecule has 3 rings (SSSR count). The fourth-order valence-electron chi connectivity index (χ4n) is 2.69. The van der Waals surface area contributed by atoms with Crippen LogP contribution in [0.1, 0.15) is 16.7 Å². The van der Waals surface area contributed by atoms with Gasteiger partial charge >= 0.3 is 6.18 Å². The van der Waals surface area contributed by atoms with Crippen molar-refractivity contribution < 1.29 is 22.8 Å². The molecule has 0 bridgehead atoms. The third kappa shape index (κ3) is 6.28. The van der Waals surface area contributed by atoms with Gasteiger partial charge in [-0.1, -0.05) is 53.0 Å². The first-order valence-electron chi connectivity index (χ1n) is 9.06. The molecule has 0 spiro atoms. The van der Waals surface area contributed by atoms with Crippen molar-refractivity contribution in [1.29, 1.82) is 0 Å². The SMILES string of the molecule is O=[N+]([O-])c1cc(C(F)(F)F)ccc1N/N=C\c1cc(Cl)c(OCc2ccccc2Cl)c(Cl)c1. The molecular weight excluding hydrogens is 506 g/mol. The van der Waals surface area contributed by atoms with E-state index in [-0.39, 0.29) is 28.1 Å². The van der Waals surface area contributed by atoms with Gasteiger partial charge in [0, 0.05) is 16.7 Å². The number of ether oxygens (including phenoxy) is 1. The third-order valence-corrected chi connectivity index (χ3v) is 5.20. The molecule has 1 N–H and O–H groups in total. The van der Waals surface area contributed by atoms with Crippen molar-refractivity contribution in [2.45, 2.75) is 12.8 Å². The number of nitrogens with one attached hydrogen (secondary N) is 1. The molecule has 0 saturated heterocycles. The number of hydrogen-bond acceptors (Lipinski definition) is 5. The fourth-order valence-corrected chi connectivity index (χ4v) is 3.49. The topological polar surface area (TPSA) is 76.8 Å². The summed E-state index contributed by atoms with van der Waals surface area (Å²) in [5.74, 6) is 0.224. The molecule has 0 unspecified atom stereocenters. The van der Waals surface area contributed by atoms with Gasteiger partial charge in [0.2, 0.25) is 0 Å². The van der Waals surface area contributed by atoms with Crippen LogP contribution >= 0.6 is 34.8 Å². The van der Waals surface area contributed by atoms with Gasteiger partial charge in [-0.2, -0.15) is 18.3 Å². The zero-order valence-electron chi connectivity index (χ0n) is 16.4. The van der Waals surface area contributed by atoms with Crippen LogP contribution < -0.4 is 10.2 Å². The van der Waals surface area contributed by atoms with E-state index >= 15 is 0 Å². The lowest BCUT2D eigenvalue weighted by Gasteiger charge is -2.12. The number of hydrogen-bond donors (Lipinski definition) is 1. The number of nitro benzene ring substituents is 1. The van der Waals surface area contributed by atoms with Crippen LogP contribution in [0, 0.1) is 10.1 Å². The molecule has 0 amide bonds. The lowest BCUT2D eigenvalue weighted by molar-refractivity contribution is -0.384. The Labute approximate surface area is 200 Å². The molecule has 0 atom stereocenters. The van der Waals surface area contributed by atoms with E-state index in [2.05, 4.69) is 10.5 Å². The van der Waals surface area contributed by atoms with Crippen LogP contribution in [-0.2, 0) is 12.8 Å². The lowest BCUT2D eigenvalue weighted by atomic mass is 10.1. The molecule has 12 heteroatoms. The van der Waals surface area contributed by atoms with Gasteiger partial charge in [-0.3, -0.25) is 15.5 Å². The predicted octanol–water partition coefficient (Wildman–Crippen LogP) is 7.60. The van der Waals surface area contributed by atoms with Crippen LogP contribution in [0.15, 0.2) is 59.7 Å². The first kappa shape index (κ1) is 24.6. The summed E-state index contributed by atoms with van der Waals surface area (Å²) in [7, 11) is 0. The van der Waals surface area contributed by atoms with E-state index in [1.54, 1.807) is 24.3 Å². The van der Waals surface area contributed by atoms with Crippen LogP contribution in [-0.4, -0.2) is 11.1 Å². The van der Waals surface area contributed by atoms with E-state index in [0.717, 1.165) is 11.6 Å². The smallest absolute Gasteiger partial charge is 0.416 e. The monoisotopic (exact) mass is 517 g/mol. The summed E-state index contributed by atoms with van der Waals surface area (Å²) in [5.41, 5.74) is 1.36. The highest BCUT2D eigenvalue weighted by atomic mass is 35.5. The molecule has 0 aliphatic rings. The summed E-state index contributed by atoms with van der Waals surface area (Å²) < 4.78 is 44.1. The highest BCUT2D eigenvalue weighted by molar-refractivity contribution is 6.37. The molecule has 33 heavy (non-hydrogen) atoms. The number of alkyl halides is 3. The van der Waals surface area contributed by atoms with Gasteiger partial charge in [0.25, 0.3) is 5.69 Å². The van der Waals surface area contributed by atoms with Crippen molar-refractivity contribution in [3.8, 4) is 5.75 Å². The molecule has 0 radical (unpaired) electrons. The van der Waals surface area contributed by atoms with Crippen molar-refractivity contribution in [2.75, 3.05) is 5.43 Å². The van der Waals surface area contributed by atoms with E-state index in [0.29, 0.717) is 22.7 Å². The van der Waals surface area contributed by atoms with Crippen molar-refractivity contribution in [3.05, 3.63) is 96.5 Å². The maximum Gasteiger partial charge on any atom is 0.416 e. The lowest BCUT2D eigenvalue weighted by Crippen LogP contribution is -2.06. The minimum absolute atomic E-state index is 0.131. The summed E-state index contributed by atoms with van der Waals surface area (Å²) in [6, 6.07) is 12.1. The van der Waals surface area contributed by atoms with Crippen LogP contribution in [0.4, 0.5) is 24.5 Å². The number of nitrogens with zero attached hydrogens (tertiary/aromatic N) is 2. The molecule has 0 saturated carbocycles. The molecular formula is C21H13Cl3F3N3O3. The zero-order valence-corrected chi connectivity index (χ0v) is 18.6. The summed E-state index contributed by atoms with van der Waals surface area (Å²) in [4.78, 5) is 10.2. The molecule has 0 heterocycles. The van der Waals surface area contributed by atoms with E-state index in [1.165, 1.54) is 18.3 Å². The Morgan fingerprint density at radius 2 is 1.70 bits per heavy atom. The van der Waals surface area contributed by atoms with E-state index in [1.807, 2.05) is 0 Å². The fraction of sp³-hybridized carbons (Fsp3) is 0.0952. The normalized spacial score (nSPS) is 11.6. The van der Waals surface area contributed by atoms with Crippen LogP contribution in [0.5, 0.6) is 5.75 Å². The van der Waals surface area contributed by atoms with Crippen molar-refractivity contribution >= 4 is 52.4 Å². The van der Waals surface area contributed by atoms with E-state index in [9.17, 15) is 23.3 Å². The summed E-state index contributed by atoms with van der Waals surface area (Å²) in [6.45, 7) is 0.131. The maximum atomic E-state index is 12.8. The Balaban J connectivity index is 1.74. The first-order chi connectivity index (χ1) is 15.6. The van der Waals surface area contributed by atoms with Gasteiger partial charge < -0.3 is 4.74 Å². The van der Waals surface area contributed by atoms with Gasteiger partial charge in [0.05, 0.1) is 26.7 Å². The molecule has 0 aromatic heterocycles. The number of anilines is 1. The minimum atomic E-state index is -4.71. The standard InChI is InChI=1S/C21H13Cl3F3N3O3/c22-15-4-2-1-3-13(15)11-33-20-16(23)7-12(8-17(20)24)10-28-29-18-6-5-14(21(25,26)27)9-19(18)30(31)32/h1-10,29H,11H2/b28-10-. The highest BCUT2D eigenvalue weighted by Gasteiger charge is 2.33. The summed E-state index contributed by atoms with van der Waals surface area (Å²) >= 11 is 18.6. The molecule has 3 aromatic rings. The second-order valence-corrected chi connectivity index (χ2v) is 7.77. The largest absolute Gasteiger partial charge is 0.486 e.